The lowest BCUT2D eigenvalue weighted by Gasteiger charge is -2.16. The molecule has 2 aromatic rings. The number of carbonyl (C=O) groups is 1. The zero-order valence-electron chi connectivity index (χ0n) is 17.0. The lowest BCUT2D eigenvalue weighted by atomic mass is 9.96. The minimum absolute atomic E-state index is 0.0494. The zero-order valence-corrected chi connectivity index (χ0v) is 17.8. The van der Waals surface area contributed by atoms with Crippen LogP contribution in [-0.4, -0.2) is 43.5 Å². The van der Waals surface area contributed by atoms with Crippen molar-refractivity contribution in [3.05, 3.63) is 64.7 Å². The first-order valence-corrected chi connectivity index (χ1v) is 11.6. The second kappa shape index (κ2) is 10.4. The maximum absolute atomic E-state index is 12.2. The van der Waals surface area contributed by atoms with E-state index in [2.05, 4.69) is 5.32 Å². The molecule has 29 heavy (non-hydrogen) atoms. The van der Waals surface area contributed by atoms with Crippen LogP contribution >= 0.6 is 0 Å². The molecule has 0 radical (unpaired) electrons. The molecular formula is C22H30N2O4S. The third kappa shape index (κ3) is 7.51. The molecule has 1 atom stereocenters. The summed E-state index contributed by atoms with van der Waals surface area (Å²) >= 11 is 0. The molecule has 0 bridgehead atoms. The van der Waals surface area contributed by atoms with Gasteiger partial charge in [0.2, 0.25) is 5.91 Å². The standard InChI is InChI=1S/C22H30N2O4S/c1-16-13-19(25)14-17(2)20(16)15-21(23)22(26)24-10-12-29(27,28)11-6-9-18-7-4-3-5-8-18/h3-5,7-8,13-14,21,25H,6,9-12,15,23H2,1-2H3,(H,24,26). The first-order valence-electron chi connectivity index (χ1n) is 9.74. The number of carbonyl (C=O) groups excluding carboxylic acids is 1. The Bertz CT molecular complexity index is 904. The molecule has 0 aliphatic carbocycles. The van der Waals surface area contributed by atoms with E-state index in [-0.39, 0.29) is 29.7 Å². The van der Waals surface area contributed by atoms with Crippen molar-refractivity contribution in [3.63, 3.8) is 0 Å². The van der Waals surface area contributed by atoms with Crippen LogP contribution in [0.5, 0.6) is 5.75 Å². The number of amides is 1. The summed E-state index contributed by atoms with van der Waals surface area (Å²) in [7, 11) is -3.23. The van der Waals surface area contributed by atoms with Crippen LogP contribution in [0.3, 0.4) is 0 Å². The van der Waals surface area contributed by atoms with Crippen LogP contribution in [0.4, 0.5) is 0 Å². The zero-order chi connectivity index (χ0) is 21.4. The molecule has 0 aliphatic rings. The second-order valence-corrected chi connectivity index (χ2v) is 9.70. The third-order valence-corrected chi connectivity index (χ3v) is 6.65. The van der Waals surface area contributed by atoms with E-state index >= 15 is 0 Å². The normalized spacial score (nSPS) is 12.5. The molecule has 158 valence electrons. The van der Waals surface area contributed by atoms with Gasteiger partial charge in [0.05, 0.1) is 17.5 Å². The van der Waals surface area contributed by atoms with Gasteiger partial charge < -0.3 is 16.2 Å². The molecule has 0 spiro atoms. The molecule has 0 aliphatic heterocycles. The summed E-state index contributed by atoms with van der Waals surface area (Å²) in [4.78, 5) is 12.2. The Labute approximate surface area is 173 Å². The first-order chi connectivity index (χ1) is 13.7. The Balaban J connectivity index is 1.76. The minimum atomic E-state index is -3.23. The number of aryl methyl sites for hydroxylation is 3. The first kappa shape index (κ1) is 22.9. The Kier molecular flexibility index (Phi) is 8.22. The van der Waals surface area contributed by atoms with Crippen LogP contribution in [0.1, 0.15) is 28.7 Å². The fourth-order valence-corrected chi connectivity index (χ4v) is 4.51. The van der Waals surface area contributed by atoms with Crippen molar-refractivity contribution in [1.82, 2.24) is 5.32 Å². The van der Waals surface area contributed by atoms with E-state index in [9.17, 15) is 18.3 Å². The largest absolute Gasteiger partial charge is 0.508 e. The average molecular weight is 419 g/mol. The highest BCUT2D eigenvalue weighted by atomic mass is 32.2. The van der Waals surface area contributed by atoms with Crippen molar-refractivity contribution in [2.75, 3.05) is 18.1 Å². The fourth-order valence-electron chi connectivity index (χ4n) is 3.31. The fraction of sp³-hybridized carbons (Fsp3) is 0.409. The van der Waals surface area contributed by atoms with Crippen LogP contribution in [0.15, 0.2) is 42.5 Å². The number of phenolic OH excluding ortho intramolecular Hbond substituents is 1. The van der Waals surface area contributed by atoms with Gasteiger partial charge in [0, 0.05) is 6.54 Å². The highest BCUT2D eigenvalue weighted by Crippen LogP contribution is 2.21. The highest BCUT2D eigenvalue weighted by molar-refractivity contribution is 7.91. The highest BCUT2D eigenvalue weighted by Gasteiger charge is 2.18. The van der Waals surface area contributed by atoms with Gasteiger partial charge in [-0.15, -0.1) is 0 Å². The number of phenols is 1. The molecule has 0 saturated carbocycles. The van der Waals surface area contributed by atoms with Crippen molar-refractivity contribution < 1.29 is 18.3 Å². The van der Waals surface area contributed by atoms with Crippen LogP contribution in [0.2, 0.25) is 0 Å². The summed E-state index contributed by atoms with van der Waals surface area (Å²) < 4.78 is 24.4. The predicted octanol–water partition coefficient (Wildman–Crippen LogP) is 2.04. The van der Waals surface area contributed by atoms with Gasteiger partial charge in [0.1, 0.15) is 5.75 Å². The van der Waals surface area contributed by atoms with E-state index in [0.717, 1.165) is 22.3 Å². The monoisotopic (exact) mass is 418 g/mol. The molecule has 0 aromatic heterocycles. The van der Waals surface area contributed by atoms with Crippen LogP contribution < -0.4 is 11.1 Å². The third-order valence-electron chi connectivity index (χ3n) is 4.92. The topological polar surface area (TPSA) is 109 Å². The van der Waals surface area contributed by atoms with E-state index in [0.29, 0.717) is 19.3 Å². The van der Waals surface area contributed by atoms with E-state index in [4.69, 9.17) is 5.73 Å². The Morgan fingerprint density at radius 2 is 1.72 bits per heavy atom. The smallest absolute Gasteiger partial charge is 0.237 e. The second-order valence-electron chi connectivity index (χ2n) is 7.40. The van der Waals surface area contributed by atoms with Gasteiger partial charge in [0.25, 0.3) is 0 Å². The van der Waals surface area contributed by atoms with Crippen molar-refractivity contribution in [3.8, 4) is 5.75 Å². The summed E-state index contributed by atoms with van der Waals surface area (Å²) in [5.41, 5.74) is 9.76. The van der Waals surface area contributed by atoms with E-state index in [1.807, 2.05) is 44.2 Å². The van der Waals surface area contributed by atoms with E-state index in [1.165, 1.54) is 0 Å². The van der Waals surface area contributed by atoms with E-state index < -0.39 is 15.9 Å². The molecular weight excluding hydrogens is 388 g/mol. The molecule has 0 fully saturated rings. The number of rotatable bonds is 10. The van der Waals surface area contributed by atoms with Gasteiger partial charge in [-0.25, -0.2) is 8.42 Å². The number of benzene rings is 2. The molecule has 7 heteroatoms. The van der Waals surface area contributed by atoms with Crippen LogP contribution in [-0.2, 0) is 27.5 Å². The molecule has 1 unspecified atom stereocenters. The summed E-state index contributed by atoms with van der Waals surface area (Å²) in [6.07, 6.45) is 1.59. The quantitative estimate of drug-likeness (QED) is 0.547. The molecule has 4 N–H and O–H groups in total. The summed E-state index contributed by atoms with van der Waals surface area (Å²) in [6.45, 7) is 3.76. The maximum Gasteiger partial charge on any atom is 0.237 e. The van der Waals surface area contributed by atoms with Crippen molar-refractivity contribution in [2.45, 2.75) is 39.2 Å². The van der Waals surface area contributed by atoms with E-state index in [1.54, 1.807) is 12.1 Å². The molecule has 0 saturated heterocycles. The number of hydrogen-bond donors (Lipinski definition) is 3. The van der Waals surface area contributed by atoms with Crippen molar-refractivity contribution in [2.24, 2.45) is 5.73 Å². The number of nitrogens with one attached hydrogen (secondary N) is 1. The SMILES string of the molecule is Cc1cc(O)cc(C)c1CC(N)C(=O)NCCS(=O)(=O)CCCc1ccccc1. The van der Waals surface area contributed by atoms with Gasteiger partial charge in [-0.05, 0) is 67.5 Å². The maximum atomic E-state index is 12.2. The number of aromatic hydroxyl groups is 1. The average Bonchev–Trinajstić information content (AvgIpc) is 2.65. The number of hydrogen-bond acceptors (Lipinski definition) is 5. The Morgan fingerprint density at radius 3 is 2.34 bits per heavy atom. The van der Waals surface area contributed by atoms with Crippen molar-refractivity contribution in [1.29, 1.82) is 0 Å². The minimum Gasteiger partial charge on any atom is -0.508 e. The molecule has 1 amide bonds. The van der Waals surface area contributed by atoms with Gasteiger partial charge in [-0.1, -0.05) is 30.3 Å². The number of sulfone groups is 1. The van der Waals surface area contributed by atoms with Crippen LogP contribution in [0.25, 0.3) is 0 Å². The van der Waals surface area contributed by atoms with Gasteiger partial charge in [-0.2, -0.15) is 0 Å². The number of nitrogens with two attached hydrogens (primary N) is 1. The molecule has 2 rings (SSSR count). The summed E-state index contributed by atoms with van der Waals surface area (Å²) in [5, 5.41) is 12.2. The van der Waals surface area contributed by atoms with Gasteiger partial charge >= 0.3 is 0 Å². The Morgan fingerprint density at radius 1 is 1.10 bits per heavy atom. The molecule has 2 aromatic carbocycles. The van der Waals surface area contributed by atoms with Gasteiger partial charge in [-0.3, -0.25) is 4.79 Å². The van der Waals surface area contributed by atoms with Crippen molar-refractivity contribution >= 4 is 15.7 Å². The van der Waals surface area contributed by atoms with Crippen LogP contribution in [0, 0.1) is 13.8 Å². The molecule has 6 nitrogen and oxygen atoms in total. The van der Waals surface area contributed by atoms with Gasteiger partial charge in [0.15, 0.2) is 9.84 Å². The lowest BCUT2D eigenvalue weighted by Crippen LogP contribution is -2.43. The summed E-state index contributed by atoms with van der Waals surface area (Å²) in [5.74, 6) is -0.205. The molecule has 0 heterocycles. The predicted molar refractivity (Wildman–Crippen MR) is 116 cm³/mol. The lowest BCUT2D eigenvalue weighted by molar-refractivity contribution is -0.122. The summed E-state index contributed by atoms with van der Waals surface area (Å²) in [6, 6.07) is 12.2. The Hall–Kier alpha value is -2.38.